The zero-order valence-corrected chi connectivity index (χ0v) is 11.6. The normalized spacial score (nSPS) is 15.4. The topological polar surface area (TPSA) is 95.5 Å². The number of anilines is 1. The summed E-state index contributed by atoms with van der Waals surface area (Å²) in [5.74, 6) is -1.19. The van der Waals surface area contributed by atoms with Gasteiger partial charge in [-0.2, -0.15) is 13.1 Å². The molecule has 0 saturated heterocycles. The highest BCUT2D eigenvalue weighted by atomic mass is 79.9. The van der Waals surface area contributed by atoms with Crippen molar-refractivity contribution < 1.29 is 18.3 Å². The maximum atomic E-state index is 11.7. The summed E-state index contributed by atoms with van der Waals surface area (Å²) >= 11 is 3.17. The molecule has 0 spiro atoms. The standard InChI is InChI=1S/C10H11BrN2O4S/c11-6-1-4-8(10(14)15)9(5-6)13-18(16,17)12-7-2-3-7/h1,4-5,7,12-13H,2-3H2,(H,14,15). The van der Waals surface area contributed by atoms with Crippen LogP contribution in [0, 0.1) is 0 Å². The van der Waals surface area contributed by atoms with Gasteiger partial charge in [0.05, 0.1) is 11.3 Å². The molecule has 0 bridgehead atoms. The van der Waals surface area contributed by atoms with Crippen LogP contribution in [-0.2, 0) is 10.2 Å². The maximum Gasteiger partial charge on any atom is 0.337 e. The lowest BCUT2D eigenvalue weighted by atomic mass is 10.2. The Hall–Kier alpha value is -1.12. The number of hydrogen-bond donors (Lipinski definition) is 3. The summed E-state index contributed by atoms with van der Waals surface area (Å²) in [6.45, 7) is 0. The quantitative estimate of drug-likeness (QED) is 0.761. The summed E-state index contributed by atoms with van der Waals surface area (Å²) in [6, 6.07) is 4.25. The van der Waals surface area contributed by atoms with Gasteiger partial charge in [0, 0.05) is 10.5 Å². The van der Waals surface area contributed by atoms with Crippen molar-refractivity contribution in [2.45, 2.75) is 18.9 Å². The molecule has 1 fully saturated rings. The summed E-state index contributed by atoms with van der Waals surface area (Å²) in [6.07, 6.45) is 1.62. The molecular weight excluding hydrogens is 324 g/mol. The van der Waals surface area contributed by atoms with E-state index >= 15 is 0 Å². The van der Waals surface area contributed by atoms with Crippen LogP contribution < -0.4 is 9.44 Å². The molecular formula is C10H11BrN2O4S. The van der Waals surface area contributed by atoms with Crippen LogP contribution in [0.3, 0.4) is 0 Å². The first kappa shape index (κ1) is 13.3. The van der Waals surface area contributed by atoms with Crippen LogP contribution in [0.4, 0.5) is 5.69 Å². The number of hydrogen-bond acceptors (Lipinski definition) is 3. The van der Waals surface area contributed by atoms with Crippen LogP contribution in [0.5, 0.6) is 0 Å². The molecule has 0 aliphatic heterocycles. The SMILES string of the molecule is O=C(O)c1ccc(Br)cc1NS(=O)(=O)NC1CC1. The van der Waals surface area contributed by atoms with E-state index in [-0.39, 0.29) is 17.3 Å². The molecule has 3 N–H and O–H groups in total. The summed E-state index contributed by atoms with van der Waals surface area (Å²) in [5.41, 5.74) is -0.0654. The number of carboxylic acids is 1. The van der Waals surface area contributed by atoms with Crippen molar-refractivity contribution in [1.82, 2.24) is 4.72 Å². The van der Waals surface area contributed by atoms with Gasteiger partial charge in [-0.3, -0.25) is 4.72 Å². The highest BCUT2D eigenvalue weighted by Crippen LogP contribution is 2.24. The Morgan fingerprint density at radius 2 is 2.06 bits per heavy atom. The largest absolute Gasteiger partial charge is 0.478 e. The Bertz CT molecular complexity index is 584. The predicted octanol–water partition coefficient (Wildman–Crippen LogP) is 1.56. The molecule has 0 unspecified atom stereocenters. The summed E-state index contributed by atoms with van der Waals surface area (Å²) in [5, 5.41) is 8.98. The number of halogens is 1. The summed E-state index contributed by atoms with van der Waals surface area (Å²) in [7, 11) is -3.73. The van der Waals surface area contributed by atoms with Crippen molar-refractivity contribution in [2.75, 3.05) is 4.72 Å². The van der Waals surface area contributed by atoms with Crippen molar-refractivity contribution in [3.05, 3.63) is 28.2 Å². The summed E-state index contributed by atoms with van der Waals surface area (Å²) < 4.78 is 28.7. The van der Waals surface area contributed by atoms with Crippen molar-refractivity contribution in [3.8, 4) is 0 Å². The Morgan fingerprint density at radius 1 is 1.39 bits per heavy atom. The average Bonchev–Trinajstić information content (AvgIpc) is 2.99. The summed E-state index contributed by atoms with van der Waals surface area (Å²) in [4.78, 5) is 11.0. The van der Waals surface area contributed by atoms with Gasteiger partial charge in [-0.15, -0.1) is 0 Å². The first-order valence-electron chi connectivity index (χ1n) is 5.20. The Balaban J connectivity index is 2.26. The Labute approximate surface area is 113 Å². The van der Waals surface area contributed by atoms with Crippen molar-refractivity contribution >= 4 is 37.8 Å². The van der Waals surface area contributed by atoms with Crippen LogP contribution in [-0.4, -0.2) is 25.5 Å². The zero-order chi connectivity index (χ0) is 13.3. The van der Waals surface area contributed by atoms with Gasteiger partial charge >= 0.3 is 5.97 Å². The minimum atomic E-state index is -3.73. The molecule has 1 aliphatic carbocycles. The lowest BCUT2D eigenvalue weighted by Crippen LogP contribution is -2.32. The fraction of sp³-hybridized carbons (Fsp3) is 0.300. The number of carbonyl (C=O) groups is 1. The van der Waals surface area contributed by atoms with Crippen molar-refractivity contribution in [3.63, 3.8) is 0 Å². The number of benzene rings is 1. The molecule has 1 aliphatic rings. The fourth-order valence-electron chi connectivity index (χ4n) is 1.38. The van der Waals surface area contributed by atoms with Gasteiger partial charge in [0.25, 0.3) is 10.2 Å². The zero-order valence-electron chi connectivity index (χ0n) is 9.18. The second-order valence-corrected chi connectivity index (χ2v) is 6.36. The van der Waals surface area contributed by atoms with E-state index in [1.54, 1.807) is 0 Å². The molecule has 2 rings (SSSR count). The first-order chi connectivity index (χ1) is 8.37. The molecule has 8 heteroatoms. The smallest absolute Gasteiger partial charge is 0.337 e. The van der Waals surface area contributed by atoms with Gasteiger partial charge in [-0.25, -0.2) is 4.79 Å². The van der Waals surface area contributed by atoms with Gasteiger partial charge < -0.3 is 5.11 Å². The van der Waals surface area contributed by atoms with Gasteiger partial charge in [0.15, 0.2) is 0 Å². The predicted molar refractivity (Wildman–Crippen MR) is 69.8 cm³/mol. The second kappa shape index (κ2) is 4.87. The number of aromatic carboxylic acids is 1. The first-order valence-corrected chi connectivity index (χ1v) is 7.48. The third-order valence-corrected chi connectivity index (χ3v) is 3.98. The molecule has 0 heterocycles. The van der Waals surface area contributed by atoms with E-state index in [0.29, 0.717) is 4.47 Å². The van der Waals surface area contributed by atoms with Crippen LogP contribution in [0.2, 0.25) is 0 Å². The number of carboxylic acid groups (broad SMARTS) is 1. The highest BCUT2D eigenvalue weighted by molar-refractivity contribution is 9.10. The van der Waals surface area contributed by atoms with E-state index in [0.717, 1.165) is 12.8 Å². The van der Waals surface area contributed by atoms with Gasteiger partial charge in [-0.1, -0.05) is 15.9 Å². The van der Waals surface area contributed by atoms with E-state index in [2.05, 4.69) is 25.4 Å². The monoisotopic (exact) mass is 334 g/mol. The van der Waals surface area contributed by atoms with E-state index in [4.69, 9.17) is 5.11 Å². The van der Waals surface area contributed by atoms with Gasteiger partial charge in [0.2, 0.25) is 0 Å². The molecule has 1 saturated carbocycles. The van der Waals surface area contributed by atoms with Gasteiger partial charge in [0.1, 0.15) is 0 Å². The molecule has 6 nitrogen and oxygen atoms in total. The third kappa shape index (κ3) is 3.44. The van der Waals surface area contributed by atoms with Gasteiger partial charge in [-0.05, 0) is 31.0 Å². The lowest BCUT2D eigenvalue weighted by molar-refractivity contribution is 0.0698. The number of nitrogens with one attached hydrogen (secondary N) is 2. The van der Waals surface area contributed by atoms with E-state index in [9.17, 15) is 13.2 Å². The maximum absolute atomic E-state index is 11.7. The lowest BCUT2D eigenvalue weighted by Gasteiger charge is -2.11. The molecule has 0 radical (unpaired) electrons. The van der Waals surface area contributed by atoms with Crippen LogP contribution in [0.25, 0.3) is 0 Å². The molecule has 1 aromatic carbocycles. The molecule has 1 aromatic rings. The fourth-order valence-corrected chi connectivity index (χ4v) is 2.94. The highest BCUT2D eigenvalue weighted by Gasteiger charge is 2.27. The van der Waals surface area contributed by atoms with Crippen molar-refractivity contribution in [1.29, 1.82) is 0 Å². The minimum absolute atomic E-state index is 0.0324. The Morgan fingerprint density at radius 3 is 2.61 bits per heavy atom. The van der Waals surface area contributed by atoms with Crippen LogP contribution in [0.1, 0.15) is 23.2 Å². The van der Waals surface area contributed by atoms with E-state index in [1.807, 2.05) is 0 Å². The molecule has 98 valence electrons. The number of rotatable bonds is 5. The van der Waals surface area contributed by atoms with Crippen LogP contribution >= 0.6 is 15.9 Å². The molecule has 0 amide bonds. The van der Waals surface area contributed by atoms with Crippen LogP contribution in [0.15, 0.2) is 22.7 Å². The third-order valence-electron chi connectivity index (χ3n) is 2.36. The second-order valence-electron chi connectivity index (χ2n) is 3.99. The molecule has 18 heavy (non-hydrogen) atoms. The Kier molecular flexibility index (Phi) is 3.60. The van der Waals surface area contributed by atoms with Crippen molar-refractivity contribution in [2.24, 2.45) is 0 Å². The minimum Gasteiger partial charge on any atom is -0.478 e. The van der Waals surface area contributed by atoms with E-state index in [1.165, 1.54) is 18.2 Å². The molecule has 0 atom stereocenters. The average molecular weight is 335 g/mol. The van der Waals surface area contributed by atoms with E-state index < -0.39 is 16.2 Å². The molecule has 0 aromatic heterocycles.